The lowest BCUT2D eigenvalue weighted by Crippen LogP contribution is -2.33. The summed E-state index contributed by atoms with van der Waals surface area (Å²) in [6, 6.07) is 21.6. The first kappa shape index (κ1) is 20.8. The molecule has 3 aromatic rings. The summed E-state index contributed by atoms with van der Waals surface area (Å²) < 4.78 is 6.30. The summed E-state index contributed by atoms with van der Waals surface area (Å²) in [6.07, 6.45) is 0.0870. The van der Waals surface area contributed by atoms with Crippen molar-refractivity contribution in [2.75, 3.05) is 11.9 Å². The number of amides is 2. The summed E-state index contributed by atoms with van der Waals surface area (Å²) in [7, 11) is 0. The molecule has 1 unspecified atom stereocenters. The van der Waals surface area contributed by atoms with Crippen LogP contribution in [0.15, 0.2) is 77.3 Å². The standard InChI is InChI=1S/C24H19BrN2O4/c25-19-8-4-5-9-20(19)27-22(28)14-26-23(29)16-10-11-18-17(12-16)13-21(31-24(18)30)15-6-2-1-3-7-15/h1-12,21H,13-14H2,(H,26,29)(H,27,28). The summed E-state index contributed by atoms with van der Waals surface area (Å²) in [5.74, 6) is -1.14. The molecular weight excluding hydrogens is 460 g/mol. The summed E-state index contributed by atoms with van der Waals surface area (Å²) >= 11 is 3.36. The van der Waals surface area contributed by atoms with Crippen LogP contribution in [0.25, 0.3) is 0 Å². The van der Waals surface area contributed by atoms with E-state index in [0.717, 1.165) is 15.6 Å². The van der Waals surface area contributed by atoms with Gasteiger partial charge in [0.2, 0.25) is 5.91 Å². The molecule has 2 N–H and O–H groups in total. The summed E-state index contributed by atoms with van der Waals surface area (Å²) in [5, 5.41) is 5.35. The Bertz CT molecular complexity index is 1150. The number of anilines is 1. The largest absolute Gasteiger partial charge is 0.454 e. The highest BCUT2D eigenvalue weighted by Gasteiger charge is 2.28. The first-order valence-electron chi connectivity index (χ1n) is 9.72. The van der Waals surface area contributed by atoms with Crippen LogP contribution in [0.1, 0.15) is 37.9 Å². The maximum atomic E-state index is 12.6. The summed E-state index contributed by atoms with van der Waals surface area (Å²) in [5.41, 5.74) is 3.11. The van der Waals surface area contributed by atoms with Gasteiger partial charge in [-0.25, -0.2) is 4.79 Å². The lowest BCUT2D eigenvalue weighted by molar-refractivity contribution is -0.115. The molecule has 31 heavy (non-hydrogen) atoms. The molecule has 0 fully saturated rings. The van der Waals surface area contributed by atoms with Crippen molar-refractivity contribution in [1.29, 1.82) is 0 Å². The first-order valence-corrected chi connectivity index (χ1v) is 10.5. The van der Waals surface area contributed by atoms with Crippen LogP contribution in [0, 0.1) is 0 Å². The van der Waals surface area contributed by atoms with Crippen LogP contribution >= 0.6 is 15.9 Å². The third kappa shape index (κ3) is 4.83. The van der Waals surface area contributed by atoms with Gasteiger partial charge in [-0.05, 0) is 57.4 Å². The second-order valence-electron chi connectivity index (χ2n) is 7.09. The highest BCUT2D eigenvalue weighted by atomic mass is 79.9. The predicted molar refractivity (Wildman–Crippen MR) is 120 cm³/mol. The molecule has 0 aliphatic carbocycles. The summed E-state index contributed by atoms with van der Waals surface area (Å²) in [6.45, 7) is -0.175. The van der Waals surface area contributed by atoms with Gasteiger partial charge in [-0.2, -0.15) is 0 Å². The number of carbonyl (C=O) groups excluding carboxylic acids is 3. The summed E-state index contributed by atoms with van der Waals surface area (Å²) in [4.78, 5) is 37.1. The molecular formula is C24H19BrN2O4. The monoisotopic (exact) mass is 478 g/mol. The van der Waals surface area contributed by atoms with E-state index in [1.54, 1.807) is 30.3 Å². The highest BCUT2D eigenvalue weighted by molar-refractivity contribution is 9.10. The van der Waals surface area contributed by atoms with Gasteiger partial charge in [-0.3, -0.25) is 9.59 Å². The van der Waals surface area contributed by atoms with Crippen LogP contribution in [0.2, 0.25) is 0 Å². The normalized spacial score (nSPS) is 14.9. The maximum Gasteiger partial charge on any atom is 0.339 e. The Labute approximate surface area is 187 Å². The molecule has 3 aromatic carbocycles. The Morgan fingerprint density at radius 3 is 2.52 bits per heavy atom. The third-order valence-electron chi connectivity index (χ3n) is 4.97. The quantitative estimate of drug-likeness (QED) is 0.536. The number of para-hydroxylation sites is 1. The zero-order valence-corrected chi connectivity index (χ0v) is 18.0. The van der Waals surface area contributed by atoms with E-state index >= 15 is 0 Å². The number of cyclic esters (lactones) is 1. The number of esters is 1. The van der Waals surface area contributed by atoms with Crippen molar-refractivity contribution >= 4 is 39.4 Å². The minimum Gasteiger partial charge on any atom is -0.454 e. The molecule has 0 saturated carbocycles. The molecule has 2 amide bonds. The lowest BCUT2D eigenvalue weighted by Gasteiger charge is -2.25. The zero-order valence-electron chi connectivity index (χ0n) is 16.4. The molecule has 1 aliphatic heterocycles. The average molecular weight is 479 g/mol. The van der Waals surface area contributed by atoms with Crippen molar-refractivity contribution in [3.63, 3.8) is 0 Å². The fraction of sp³-hybridized carbons (Fsp3) is 0.125. The Morgan fingerprint density at radius 1 is 1.00 bits per heavy atom. The number of halogens is 1. The fourth-order valence-electron chi connectivity index (χ4n) is 3.41. The van der Waals surface area contributed by atoms with E-state index in [4.69, 9.17) is 4.74 Å². The van der Waals surface area contributed by atoms with Gasteiger partial charge in [0.1, 0.15) is 6.10 Å². The number of hydrogen-bond donors (Lipinski definition) is 2. The van der Waals surface area contributed by atoms with Crippen molar-refractivity contribution in [2.24, 2.45) is 0 Å². The van der Waals surface area contributed by atoms with Gasteiger partial charge in [0.05, 0.1) is 17.8 Å². The van der Waals surface area contributed by atoms with Crippen molar-refractivity contribution in [3.8, 4) is 0 Å². The number of hydrogen-bond acceptors (Lipinski definition) is 4. The van der Waals surface area contributed by atoms with Crippen molar-refractivity contribution < 1.29 is 19.1 Å². The minimum absolute atomic E-state index is 0.175. The topological polar surface area (TPSA) is 84.5 Å². The molecule has 0 saturated heterocycles. The van der Waals surface area contributed by atoms with Crippen LogP contribution < -0.4 is 10.6 Å². The fourth-order valence-corrected chi connectivity index (χ4v) is 3.79. The average Bonchev–Trinajstić information content (AvgIpc) is 2.79. The van der Waals surface area contributed by atoms with Crippen LogP contribution in [0.3, 0.4) is 0 Å². The van der Waals surface area contributed by atoms with Crippen molar-refractivity contribution in [3.05, 3.63) is 99.5 Å². The first-order chi connectivity index (χ1) is 15.0. The number of benzene rings is 3. The van der Waals surface area contributed by atoms with Gasteiger partial charge in [0.15, 0.2) is 0 Å². The lowest BCUT2D eigenvalue weighted by atomic mass is 9.93. The molecule has 7 heteroatoms. The van der Waals surface area contributed by atoms with E-state index in [2.05, 4.69) is 26.6 Å². The van der Waals surface area contributed by atoms with Gasteiger partial charge in [-0.15, -0.1) is 0 Å². The number of carbonyl (C=O) groups is 3. The molecule has 0 radical (unpaired) electrons. The number of fused-ring (bicyclic) bond motifs is 1. The maximum absolute atomic E-state index is 12.6. The van der Waals surface area contributed by atoms with Gasteiger partial charge in [-0.1, -0.05) is 42.5 Å². The molecule has 1 atom stereocenters. The smallest absolute Gasteiger partial charge is 0.339 e. The molecule has 0 aromatic heterocycles. The minimum atomic E-state index is -0.408. The van der Waals surface area contributed by atoms with Gasteiger partial charge in [0.25, 0.3) is 5.91 Å². The van der Waals surface area contributed by atoms with E-state index in [0.29, 0.717) is 23.2 Å². The van der Waals surface area contributed by atoms with Crippen molar-refractivity contribution in [2.45, 2.75) is 12.5 Å². The van der Waals surface area contributed by atoms with E-state index in [-0.39, 0.29) is 18.4 Å². The SMILES string of the molecule is O=C(CNC(=O)c1ccc2c(c1)CC(c1ccccc1)OC2=O)Nc1ccccc1Br. The van der Waals surface area contributed by atoms with E-state index in [1.165, 1.54) is 0 Å². The second-order valence-corrected chi connectivity index (χ2v) is 7.95. The number of rotatable bonds is 5. The molecule has 1 aliphatic rings. The Kier molecular flexibility index (Phi) is 6.13. The van der Waals surface area contributed by atoms with Crippen LogP contribution in [0.5, 0.6) is 0 Å². The molecule has 156 valence electrons. The number of ether oxygens (including phenoxy) is 1. The van der Waals surface area contributed by atoms with E-state index < -0.39 is 12.1 Å². The van der Waals surface area contributed by atoms with Crippen LogP contribution in [0.4, 0.5) is 5.69 Å². The molecule has 4 rings (SSSR count). The number of nitrogens with one attached hydrogen (secondary N) is 2. The van der Waals surface area contributed by atoms with Gasteiger partial charge < -0.3 is 15.4 Å². The van der Waals surface area contributed by atoms with E-state index in [9.17, 15) is 14.4 Å². The Hall–Kier alpha value is -3.45. The third-order valence-corrected chi connectivity index (χ3v) is 5.66. The van der Waals surface area contributed by atoms with Crippen LogP contribution in [-0.2, 0) is 16.0 Å². The Morgan fingerprint density at radius 2 is 1.74 bits per heavy atom. The second kappa shape index (κ2) is 9.14. The van der Waals surface area contributed by atoms with Crippen LogP contribution in [-0.4, -0.2) is 24.3 Å². The Balaban J connectivity index is 1.42. The molecule has 1 heterocycles. The van der Waals surface area contributed by atoms with E-state index in [1.807, 2.05) is 42.5 Å². The highest BCUT2D eigenvalue weighted by Crippen LogP contribution is 2.31. The molecule has 6 nitrogen and oxygen atoms in total. The van der Waals surface area contributed by atoms with Crippen molar-refractivity contribution in [1.82, 2.24) is 5.32 Å². The zero-order chi connectivity index (χ0) is 21.8. The van der Waals surface area contributed by atoms with Gasteiger partial charge >= 0.3 is 5.97 Å². The molecule has 0 spiro atoms. The predicted octanol–water partition coefficient (Wildman–Crippen LogP) is 4.27. The molecule has 0 bridgehead atoms. The van der Waals surface area contributed by atoms with Gasteiger partial charge in [0, 0.05) is 16.5 Å².